The van der Waals surface area contributed by atoms with E-state index in [2.05, 4.69) is 0 Å². The van der Waals surface area contributed by atoms with E-state index < -0.39 is 29.4 Å². The number of carbonyl (C=O) groups excluding carboxylic acids is 2. The van der Waals surface area contributed by atoms with Crippen molar-refractivity contribution >= 4 is 28.9 Å². The molecule has 2 aromatic rings. The third-order valence-electron chi connectivity index (χ3n) is 5.13. The first-order chi connectivity index (χ1) is 14.4. The molecular weight excluding hydrogens is 411 g/mol. The lowest BCUT2D eigenvalue weighted by atomic mass is 9.73. The van der Waals surface area contributed by atoms with Gasteiger partial charge in [0.15, 0.2) is 5.78 Å². The number of hydrogen-bond acceptors (Lipinski definition) is 5. The lowest BCUT2D eigenvalue weighted by Crippen LogP contribution is -2.34. The second-order valence-electron chi connectivity index (χ2n) is 6.81. The van der Waals surface area contributed by atoms with Crippen LogP contribution in [0.2, 0.25) is 5.02 Å². The number of methoxy groups -OCH3 is 2. The van der Waals surface area contributed by atoms with Gasteiger partial charge in [0.1, 0.15) is 23.2 Å². The van der Waals surface area contributed by atoms with Crippen LogP contribution in [0.3, 0.4) is 0 Å². The molecular formula is C23H22ClFO5. The zero-order chi connectivity index (χ0) is 21.8. The summed E-state index contributed by atoms with van der Waals surface area (Å²) < 4.78 is 30.5. The van der Waals surface area contributed by atoms with Crippen LogP contribution in [0.25, 0.3) is 5.57 Å². The second kappa shape index (κ2) is 9.30. The summed E-state index contributed by atoms with van der Waals surface area (Å²) in [5.74, 6) is -2.61. The van der Waals surface area contributed by atoms with Gasteiger partial charge >= 0.3 is 5.97 Å². The molecule has 1 aliphatic rings. The van der Waals surface area contributed by atoms with Crippen LogP contribution in [0, 0.1) is 11.7 Å². The Morgan fingerprint density at radius 1 is 1.20 bits per heavy atom. The van der Waals surface area contributed by atoms with Crippen molar-refractivity contribution in [3.05, 3.63) is 64.4 Å². The molecule has 0 heterocycles. The summed E-state index contributed by atoms with van der Waals surface area (Å²) >= 11 is 6.29. The fourth-order valence-electron chi connectivity index (χ4n) is 3.77. The fraction of sp³-hybridized carbons (Fsp3) is 0.304. The molecule has 0 aromatic heterocycles. The van der Waals surface area contributed by atoms with Crippen molar-refractivity contribution in [2.45, 2.75) is 19.3 Å². The highest BCUT2D eigenvalue weighted by atomic mass is 35.5. The summed E-state index contributed by atoms with van der Waals surface area (Å²) in [6.45, 7) is 1.77. The molecule has 0 saturated heterocycles. The van der Waals surface area contributed by atoms with E-state index in [-0.39, 0.29) is 23.6 Å². The van der Waals surface area contributed by atoms with Crippen LogP contribution >= 0.6 is 11.6 Å². The number of carbonyl (C=O) groups is 2. The molecule has 0 spiro atoms. The van der Waals surface area contributed by atoms with E-state index in [0.29, 0.717) is 22.6 Å². The van der Waals surface area contributed by atoms with Crippen molar-refractivity contribution in [1.82, 2.24) is 0 Å². The Bertz CT molecular complexity index is 981. The molecule has 5 nitrogen and oxygen atoms in total. The van der Waals surface area contributed by atoms with Crippen LogP contribution in [-0.2, 0) is 14.3 Å². The maximum absolute atomic E-state index is 14.7. The zero-order valence-electron chi connectivity index (χ0n) is 16.9. The Hall–Kier alpha value is -2.86. The second-order valence-corrected chi connectivity index (χ2v) is 7.22. The number of ether oxygens (including phenoxy) is 3. The van der Waals surface area contributed by atoms with E-state index in [4.69, 9.17) is 25.8 Å². The molecule has 2 unspecified atom stereocenters. The molecule has 158 valence electrons. The molecule has 0 N–H and O–H groups in total. The van der Waals surface area contributed by atoms with Gasteiger partial charge < -0.3 is 14.2 Å². The highest BCUT2D eigenvalue weighted by Gasteiger charge is 2.42. The number of esters is 1. The van der Waals surface area contributed by atoms with Crippen molar-refractivity contribution in [3.63, 3.8) is 0 Å². The summed E-state index contributed by atoms with van der Waals surface area (Å²) in [6.07, 6.45) is 1.61. The highest BCUT2D eigenvalue weighted by Crippen LogP contribution is 2.45. The van der Waals surface area contributed by atoms with Crippen molar-refractivity contribution < 1.29 is 28.2 Å². The molecule has 0 bridgehead atoms. The molecule has 1 aliphatic carbocycles. The Morgan fingerprint density at radius 2 is 1.97 bits per heavy atom. The van der Waals surface area contributed by atoms with E-state index in [1.807, 2.05) is 0 Å². The first kappa shape index (κ1) is 21.8. The van der Waals surface area contributed by atoms with Crippen molar-refractivity contribution in [2.75, 3.05) is 20.8 Å². The van der Waals surface area contributed by atoms with E-state index in [9.17, 15) is 14.0 Å². The average Bonchev–Trinajstić information content (AvgIpc) is 2.72. The average molecular weight is 433 g/mol. The Morgan fingerprint density at radius 3 is 2.60 bits per heavy atom. The third-order valence-corrected chi connectivity index (χ3v) is 5.46. The predicted molar refractivity (Wildman–Crippen MR) is 111 cm³/mol. The lowest BCUT2D eigenvalue weighted by Gasteiger charge is -2.30. The zero-order valence-corrected chi connectivity index (χ0v) is 17.7. The van der Waals surface area contributed by atoms with Crippen molar-refractivity contribution in [2.24, 2.45) is 5.92 Å². The van der Waals surface area contributed by atoms with Crippen LogP contribution in [0.4, 0.5) is 4.39 Å². The lowest BCUT2D eigenvalue weighted by molar-refractivity contribution is -0.151. The van der Waals surface area contributed by atoms with E-state index in [0.717, 1.165) is 0 Å². The number of benzene rings is 2. The first-order valence-corrected chi connectivity index (χ1v) is 9.86. The van der Waals surface area contributed by atoms with Gasteiger partial charge in [0, 0.05) is 28.1 Å². The van der Waals surface area contributed by atoms with Crippen molar-refractivity contribution in [3.8, 4) is 11.5 Å². The minimum atomic E-state index is -1.17. The molecule has 30 heavy (non-hydrogen) atoms. The summed E-state index contributed by atoms with van der Waals surface area (Å²) in [4.78, 5) is 25.6. The van der Waals surface area contributed by atoms with Gasteiger partial charge in [0.25, 0.3) is 0 Å². The molecule has 0 saturated carbocycles. The Balaban J connectivity index is 2.13. The third kappa shape index (κ3) is 4.19. The smallest absolute Gasteiger partial charge is 0.317 e. The molecule has 0 amide bonds. The van der Waals surface area contributed by atoms with E-state index >= 15 is 0 Å². The first-order valence-electron chi connectivity index (χ1n) is 9.48. The number of hydrogen-bond donors (Lipinski definition) is 0. The van der Waals surface area contributed by atoms with Gasteiger partial charge in [-0.25, -0.2) is 4.39 Å². The molecule has 2 aromatic carbocycles. The van der Waals surface area contributed by atoms with Crippen molar-refractivity contribution in [1.29, 1.82) is 0 Å². The summed E-state index contributed by atoms with van der Waals surface area (Å²) in [5, 5.41) is 0.157. The molecule has 2 atom stereocenters. The largest absolute Gasteiger partial charge is 0.497 e. The number of rotatable bonds is 6. The van der Waals surface area contributed by atoms with Gasteiger partial charge in [-0.3, -0.25) is 9.59 Å². The monoisotopic (exact) mass is 432 g/mol. The number of halogens is 2. The normalized spacial score (nSPS) is 18.6. The van der Waals surface area contributed by atoms with E-state index in [1.54, 1.807) is 31.2 Å². The standard InChI is InChI=1S/C23H22ClFO5/c1-4-30-23(27)22-16(21-17(24)6-5-7-18(21)25)10-13(11-19(22)26)15-9-8-14(28-2)12-20(15)29-3/h5-9,11-12,16,22H,4,10H2,1-3H3. The summed E-state index contributed by atoms with van der Waals surface area (Å²) in [5.41, 5.74) is 1.40. The van der Waals surface area contributed by atoms with Gasteiger partial charge in [-0.2, -0.15) is 0 Å². The van der Waals surface area contributed by atoms with Crippen LogP contribution < -0.4 is 9.47 Å². The molecule has 0 aliphatic heterocycles. The topological polar surface area (TPSA) is 61.8 Å². The van der Waals surface area contributed by atoms with Crippen LogP contribution in [0.15, 0.2) is 42.5 Å². The SMILES string of the molecule is CCOC(=O)C1C(=O)C=C(c2ccc(OC)cc2OC)CC1c1c(F)cccc1Cl. The quantitative estimate of drug-likeness (QED) is 0.484. The number of ketones is 1. The van der Waals surface area contributed by atoms with E-state index in [1.165, 1.54) is 32.4 Å². The van der Waals surface area contributed by atoms with Crippen LogP contribution in [0.1, 0.15) is 30.4 Å². The summed E-state index contributed by atoms with van der Waals surface area (Å²) in [6, 6.07) is 9.49. The maximum Gasteiger partial charge on any atom is 0.317 e. The van der Waals surface area contributed by atoms with Gasteiger partial charge in [-0.05, 0) is 49.3 Å². The van der Waals surface area contributed by atoms with Gasteiger partial charge in [-0.15, -0.1) is 0 Å². The predicted octanol–water partition coefficient (Wildman–Crippen LogP) is 4.82. The highest BCUT2D eigenvalue weighted by molar-refractivity contribution is 6.31. The molecule has 7 heteroatoms. The molecule has 0 fully saturated rings. The number of allylic oxidation sites excluding steroid dienone is 2. The van der Waals surface area contributed by atoms with Crippen LogP contribution in [-0.4, -0.2) is 32.6 Å². The molecule has 3 rings (SSSR count). The maximum atomic E-state index is 14.7. The molecule has 0 radical (unpaired) electrons. The minimum Gasteiger partial charge on any atom is -0.497 e. The van der Waals surface area contributed by atoms with Gasteiger partial charge in [0.05, 0.1) is 20.8 Å². The Labute approximate surface area is 179 Å². The van der Waals surface area contributed by atoms with Gasteiger partial charge in [-0.1, -0.05) is 17.7 Å². The minimum absolute atomic E-state index is 0.114. The Kier molecular flexibility index (Phi) is 6.77. The fourth-order valence-corrected chi connectivity index (χ4v) is 4.07. The van der Waals surface area contributed by atoms with Crippen LogP contribution in [0.5, 0.6) is 11.5 Å². The van der Waals surface area contributed by atoms with Gasteiger partial charge in [0.2, 0.25) is 0 Å². The summed E-state index contributed by atoms with van der Waals surface area (Å²) in [7, 11) is 3.05.